The van der Waals surface area contributed by atoms with Crippen LogP contribution < -0.4 is 0 Å². The monoisotopic (exact) mass is 122 g/mol. The maximum atomic E-state index is 10.9. The zero-order valence-corrected chi connectivity index (χ0v) is 4.85. The summed E-state index contributed by atoms with van der Waals surface area (Å²) in [5.41, 5.74) is 1.79. The summed E-state index contributed by atoms with van der Waals surface area (Å²) in [5, 5.41) is 6.53. The van der Waals surface area contributed by atoms with Crippen molar-refractivity contribution in [2.75, 3.05) is 0 Å². The van der Waals surface area contributed by atoms with Gasteiger partial charge in [-0.1, -0.05) is 0 Å². The van der Waals surface area contributed by atoms with Gasteiger partial charge in [-0.25, -0.2) is 0 Å². The SMILES string of the molecule is O=C1CCc2[nH]ncc21. The Bertz CT molecular complexity index is 251. The lowest BCUT2D eigenvalue weighted by Crippen LogP contribution is -1.87. The average Bonchev–Trinajstić information content (AvgIpc) is 2.35. The molecule has 46 valence electrons. The molecule has 1 aliphatic carbocycles. The fourth-order valence-corrected chi connectivity index (χ4v) is 1.12. The van der Waals surface area contributed by atoms with Crippen molar-refractivity contribution in [3.63, 3.8) is 0 Å². The van der Waals surface area contributed by atoms with E-state index in [1.54, 1.807) is 6.20 Å². The number of aromatic amines is 1. The minimum atomic E-state index is 0.221. The van der Waals surface area contributed by atoms with E-state index < -0.39 is 0 Å². The van der Waals surface area contributed by atoms with Crippen LogP contribution in [0.15, 0.2) is 6.20 Å². The third-order valence-electron chi connectivity index (χ3n) is 1.62. The number of rotatable bonds is 0. The summed E-state index contributed by atoms with van der Waals surface area (Å²) in [6.45, 7) is 0. The lowest BCUT2D eigenvalue weighted by molar-refractivity contribution is 0.0994. The number of aryl methyl sites for hydroxylation is 1. The van der Waals surface area contributed by atoms with Crippen molar-refractivity contribution in [1.82, 2.24) is 10.2 Å². The molecule has 0 fully saturated rings. The number of ketones is 1. The molecule has 3 nitrogen and oxygen atoms in total. The Kier molecular flexibility index (Phi) is 0.754. The Morgan fingerprint density at radius 2 is 2.44 bits per heavy atom. The number of hydrogen-bond donors (Lipinski definition) is 1. The van der Waals surface area contributed by atoms with Gasteiger partial charge in [0.15, 0.2) is 5.78 Å². The molecule has 0 unspecified atom stereocenters. The molecule has 1 heterocycles. The highest BCUT2D eigenvalue weighted by Crippen LogP contribution is 2.17. The summed E-state index contributed by atoms with van der Waals surface area (Å²) in [6.07, 6.45) is 3.10. The Hall–Kier alpha value is -1.12. The topological polar surface area (TPSA) is 45.8 Å². The highest BCUT2D eigenvalue weighted by atomic mass is 16.1. The molecule has 0 spiro atoms. The molecule has 2 rings (SSSR count). The minimum Gasteiger partial charge on any atom is -0.294 e. The second kappa shape index (κ2) is 1.43. The largest absolute Gasteiger partial charge is 0.294 e. The van der Waals surface area contributed by atoms with Crippen molar-refractivity contribution in [3.8, 4) is 0 Å². The van der Waals surface area contributed by atoms with Crippen LogP contribution in [0.1, 0.15) is 22.5 Å². The molecule has 1 aromatic heterocycles. The Labute approximate surface area is 52.1 Å². The highest BCUT2D eigenvalue weighted by molar-refractivity contribution is 5.99. The maximum Gasteiger partial charge on any atom is 0.166 e. The van der Waals surface area contributed by atoms with Gasteiger partial charge in [0.2, 0.25) is 0 Å². The van der Waals surface area contributed by atoms with Gasteiger partial charge < -0.3 is 0 Å². The van der Waals surface area contributed by atoms with Gasteiger partial charge in [-0.15, -0.1) is 0 Å². The molecule has 1 aliphatic rings. The average molecular weight is 122 g/mol. The second-order valence-electron chi connectivity index (χ2n) is 2.19. The Balaban J connectivity index is 2.61. The van der Waals surface area contributed by atoms with Gasteiger partial charge in [0, 0.05) is 12.1 Å². The van der Waals surface area contributed by atoms with Gasteiger partial charge in [0.25, 0.3) is 0 Å². The molecule has 0 atom stereocenters. The number of nitrogens with one attached hydrogen (secondary N) is 1. The zero-order chi connectivity index (χ0) is 6.27. The van der Waals surface area contributed by atoms with E-state index in [-0.39, 0.29) is 5.78 Å². The maximum absolute atomic E-state index is 10.9. The first kappa shape index (κ1) is 4.73. The number of carbonyl (C=O) groups is 1. The fraction of sp³-hybridized carbons (Fsp3) is 0.333. The van der Waals surface area contributed by atoms with Crippen LogP contribution in [-0.2, 0) is 6.42 Å². The third kappa shape index (κ3) is 0.512. The van der Waals surface area contributed by atoms with E-state index in [0.717, 1.165) is 17.7 Å². The number of carbonyl (C=O) groups excluding carboxylic acids is 1. The lowest BCUT2D eigenvalue weighted by Gasteiger charge is -1.77. The quantitative estimate of drug-likeness (QED) is 0.545. The number of H-pyrrole nitrogens is 1. The molecular formula is C6H6N2O. The molecule has 0 saturated carbocycles. The number of nitrogens with zero attached hydrogens (tertiary/aromatic N) is 1. The van der Waals surface area contributed by atoms with Crippen LogP contribution in [0.5, 0.6) is 0 Å². The van der Waals surface area contributed by atoms with Crippen LogP contribution in [0.3, 0.4) is 0 Å². The van der Waals surface area contributed by atoms with E-state index in [4.69, 9.17) is 0 Å². The third-order valence-corrected chi connectivity index (χ3v) is 1.62. The Morgan fingerprint density at radius 1 is 1.56 bits per heavy atom. The van der Waals surface area contributed by atoms with Crippen LogP contribution in [0.4, 0.5) is 0 Å². The Morgan fingerprint density at radius 3 is 3.22 bits per heavy atom. The normalized spacial score (nSPS) is 16.2. The molecule has 0 aliphatic heterocycles. The van der Waals surface area contributed by atoms with E-state index >= 15 is 0 Å². The zero-order valence-electron chi connectivity index (χ0n) is 4.85. The molecule has 0 aromatic carbocycles. The van der Waals surface area contributed by atoms with Gasteiger partial charge in [-0.05, 0) is 6.42 Å². The van der Waals surface area contributed by atoms with Crippen LogP contribution >= 0.6 is 0 Å². The molecule has 3 heteroatoms. The molecule has 1 aromatic rings. The van der Waals surface area contributed by atoms with Crippen molar-refractivity contribution in [2.45, 2.75) is 12.8 Å². The lowest BCUT2D eigenvalue weighted by atomic mass is 10.3. The standard InChI is InChI=1S/C6H6N2O/c9-6-2-1-5-4(6)3-7-8-5/h3H,1-2H2,(H,7,8). The fourth-order valence-electron chi connectivity index (χ4n) is 1.12. The van der Waals surface area contributed by atoms with Crippen LogP contribution in [0, 0.1) is 0 Å². The summed E-state index contributed by atoms with van der Waals surface area (Å²) >= 11 is 0. The molecule has 0 bridgehead atoms. The smallest absolute Gasteiger partial charge is 0.166 e. The van der Waals surface area contributed by atoms with E-state index in [2.05, 4.69) is 10.2 Å². The molecule has 0 amide bonds. The van der Waals surface area contributed by atoms with Gasteiger partial charge in [-0.2, -0.15) is 5.10 Å². The summed E-state index contributed by atoms with van der Waals surface area (Å²) in [4.78, 5) is 10.9. The van der Waals surface area contributed by atoms with Crippen LogP contribution in [0.2, 0.25) is 0 Å². The van der Waals surface area contributed by atoms with E-state index in [9.17, 15) is 4.79 Å². The van der Waals surface area contributed by atoms with Crippen molar-refractivity contribution >= 4 is 5.78 Å². The van der Waals surface area contributed by atoms with Gasteiger partial charge in [-0.3, -0.25) is 9.89 Å². The first-order valence-corrected chi connectivity index (χ1v) is 2.93. The van der Waals surface area contributed by atoms with E-state index in [1.807, 2.05) is 0 Å². The first-order valence-electron chi connectivity index (χ1n) is 2.93. The number of fused-ring (bicyclic) bond motifs is 1. The molecular weight excluding hydrogens is 116 g/mol. The van der Waals surface area contributed by atoms with Gasteiger partial charge in [0.05, 0.1) is 11.8 Å². The van der Waals surface area contributed by atoms with Crippen molar-refractivity contribution in [3.05, 3.63) is 17.5 Å². The first-order chi connectivity index (χ1) is 4.38. The van der Waals surface area contributed by atoms with Gasteiger partial charge in [0.1, 0.15) is 0 Å². The van der Waals surface area contributed by atoms with Crippen molar-refractivity contribution in [1.29, 1.82) is 0 Å². The second-order valence-corrected chi connectivity index (χ2v) is 2.19. The molecule has 0 radical (unpaired) electrons. The molecule has 0 saturated heterocycles. The van der Waals surface area contributed by atoms with Crippen LogP contribution in [0.25, 0.3) is 0 Å². The predicted octanol–water partition coefficient (Wildman–Crippen LogP) is 0.539. The molecule has 1 N–H and O–H groups in total. The summed E-state index contributed by atoms with van der Waals surface area (Å²) in [6, 6.07) is 0. The highest BCUT2D eigenvalue weighted by Gasteiger charge is 2.20. The van der Waals surface area contributed by atoms with E-state index in [1.165, 1.54) is 0 Å². The number of aromatic nitrogens is 2. The van der Waals surface area contributed by atoms with E-state index in [0.29, 0.717) is 6.42 Å². The summed E-state index contributed by atoms with van der Waals surface area (Å²) in [5.74, 6) is 0.221. The summed E-state index contributed by atoms with van der Waals surface area (Å²) < 4.78 is 0. The van der Waals surface area contributed by atoms with Crippen molar-refractivity contribution < 1.29 is 4.79 Å². The van der Waals surface area contributed by atoms with Crippen LogP contribution in [-0.4, -0.2) is 16.0 Å². The summed E-state index contributed by atoms with van der Waals surface area (Å²) in [7, 11) is 0. The predicted molar refractivity (Wildman–Crippen MR) is 31.2 cm³/mol. The molecule has 9 heavy (non-hydrogen) atoms. The van der Waals surface area contributed by atoms with Gasteiger partial charge >= 0.3 is 0 Å². The number of Topliss-reactive ketones (excluding diaryl/α,β-unsaturated/α-hetero) is 1. The number of hydrogen-bond acceptors (Lipinski definition) is 2. The van der Waals surface area contributed by atoms with Crippen molar-refractivity contribution in [2.24, 2.45) is 0 Å². The minimum absolute atomic E-state index is 0.221.